The van der Waals surface area contributed by atoms with Gasteiger partial charge in [-0.3, -0.25) is 0 Å². The summed E-state index contributed by atoms with van der Waals surface area (Å²) in [4.78, 5) is 6.82. The van der Waals surface area contributed by atoms with E-state index in [0.717, 1.165) is 37.4 Å². The van der Waals surface area contributed by atoms with E-state index in [-0.39, 0.29) is 0 Å². The van der Waals surface area contributed by atoms with Crippen LogP contribution in [0.25, 0.3) is 11.7 Å². The van der Waals surface area contributed by atoms with E-state index in [2.05, 4.69) is 41.1 Å². The Morgan fingerprint density at radius 3 is 2.73 bits per heavy atom. The number of hydrogen-bond donors (Lipinski definition) is 0. The van der Waals surface area contributed by atoms with Crippen molar-refractivity contribution < 1.29 is 9.05 Å². The van der Waals surface area contributed by atoms with Crippen molar-refractivity contribution in [2.45, 2.75) is 39.5 Å². The van der Waals surface area contributed by atoms with Crippen LogP contribution in [0.3, 0.4) is 0 Å². The van der Waals surface area contributed by atoms with Gasteiger partial charge in [-0.1, -0.05) is 24.2 Å². The van der Waals surface area contributed by atoms with Crippen LogP contribution < -0.4 is 0 Å². The Labute approximate surface area is 130 Å². The second-order valence-electron chi connectivity index (χ2n) is 6.75. The Bertz CT molecular complexity index is 597. The van der Waals surface area contributed by atoms with Crippen LogP contribution in [0.2, 0.25) is 0 Å². The van der Waals surface area contributed by atoms with E-state index in [1.165, 1.54) is 12.8 Å². The minimum Gasteiger partial charge on any atom is -0.351 e. The maximum atomic E-state index is 5.33. The molecule has 6 nitrogen and oxygen atoms in total. The standard InChI is InChI=1S/C16H24N4O2/c1-11(2)8-13-10-14(21-18-13)16-17-15(19-22-16)9-12-4-6-20(3)7-5-12/h10-12H,4-9H2,1-3H3. The molecule has 1 aliphatic heterocycles. The summed E-state index contributed by atoms with van der Waals surface area (Å²) in [5.41, 5.74) is 0.931. The minimum absolute atomic E-state index is 0.436. The third-order valence-corrected chi connectivity index (χ3v) is 4.16. The van der Waals surface area contributed by atoms with Crippen LogP contribution in [-0.2, 0) is 12.8 Å². The highest BCUT2D eigenvalue weighted by atomic mass is 16.5. The molecule has 0 atom stereocenters. The predicted molar refractivity (Wildman–Crippen MR) is 82.3 cm³/mol. The van der Waals surface area contributed by atoms with E-state index < -0.39 is 0 Å². The number of hydrogen-bond acceptors (Lipinski definition) is 6. The van der Waals surface area contributed by atoms with Crippen molar-refractivity contribution >= 4 is 0 Å². The van der Waals surface area contributed by atoms with Crippen LogP contribution in [0.4, 0.5) is 0 Å². The van der Waals surface area contributed by atoms with Gasteiger partial charge in [-0.15, -0.1) is 0 Å². The summed E-state index contributed by atoms with van der Waals surface area (Å²) in [6.45, 7) is 6.60. The van der Waals surface area contributed by atoms with E-state index >= 15 is 0 Å². The van der Waals surface area contributed by atoms with E-state index in [0.29, 0.717) is 23.5 Å². The minimum atomic E-state index is 0.436. The second-order valence-corrected chi connectivity index (χ2v) is 6.75. The Hall–Kier alpha value is -1.69. The van der Waals surface area contributed by atoms with Gasteiger partial charge in [0.25, 0.3) is 5.89 Å². The smallest absolute Gasteiger partial charge is 0.296 e. The van der Waals surface area contributed by atoms with Crippen molar-refractivity contribution in [3.05, 3.63) is 17.6 Å². The maximum Gasteiger partial charge on any atom is 0.296 e. The largest absolute Gasteiger partial charge is 0.351 e. The van der Waals surface area contributed by atoms with Gasteiger partial charge in [0.1, 0.15) is 0 Å². The Morgan fingerprint density at radius 1 is 1.23 bits per heavy atom. The average molecular weight is 304 g/mol. The van der Waals surface area contributed by atoms with Gasteiger partial charge in [-0.25, -0.2) is 0 Å². The molecule has 2 aromatic rings. The molecule has 1 aliphatic rings. The molecule has 0 radical (unpaired) electrons. The lowest BCUT2D eigenvalue weighted by Crippen LogP contribution is -2.31. The number of piperidine rings is 1. The molecule has 1 saturated heterocycles. The lowest BCUT2D eigenvalue weighted by Gasteiger charge is -2.27. The summed E-state index contributed by atoms with van der Waals surface area (Å²) in [5, 5.41) is 8.15. The van der Waals surface area contributed by atoms with E-state index in [1.54, 1.807) is 0 Å². The van der Waals surface area contributed by atoms with Gasteiger partial charge < -0.3 is 13.9 Å². The van der Waals surface area contributed by atoms with Crippen LogP contribution in [0.15, 0.2) is 15.1 Å². The Balaban J connectivity index is 1.62. The molecule has 0 spiro atoms. The summed E-state index contributed by atoms with van der Waals surface area (Å²) < 4.78 is 10.6. The van der Waals surface area contributed by atoms with Crippen LogP contribution in [0.5, 0.6) is 0 Å². The SMILES string of the molecule is CC(C)Cc1cc(-c2nc(CC3CCN(C)CC3)no2)on1. The first-order valence-electron chi connectivity index (χ1n) is 8.07. The van der Waals surface area contributed by atoms with E-state index in [4.69, 9.17) is 9.05 Å². The highest BCUT2D eigenvalue weighted by Gasteiger charge is 2.21. The zero-order valence-corrected chi connectivity index (χ0v) is 13.6. The molecule has 0 N–H and O–H groups in total. The molecule has 0 amide bonds. The van der Waals surface area contributed by atoms with Crippen molar-refractivity contribution in [1.29, 1.82) is 0 Å². The zero-order valence-electron chi connectivity index (χ0n) is 13.6. The molecule has 6 heteroatoms. The van der Waals surface area contributed by atoms with Gasteiger partial charge in [0.15, 0.2) is 5.82 Å². The third kappa shape index (κ3) is 3.74. The third-order valence-electron chi connectivity index (χ3n) is 4.16. The molecule has 3 heterocycles. The molecule has 3 rings (SSSR count). The van der Waals surface area contributed by atoms with Crippen molar-refractivity contribution in [3.63, 3.8) is 0 Å². The number of nitrogens with zero attached hydrogens (tertiary/aromatic N) is 4. The van der Waals surface area contributed by atoms with Crippen LogP contribution in [-0.4, -0.2) is 40.3 Å². The summed E-state index contributed by atoms with van der Waals surface area (Å²) >= 11 is 0. The first kappa shape index (κ1) is 15.2. The van der Waals surface area contributed by atoms with Gasteiger partial charge in [0.2, 0.25) is 5.76 Å². The van der Waals surface area contributed by atoms with Gasteiger partial charge in [-0.05, 0) is 51.2 Å². The Morgan fingerprint density at radius 2 is 2.00 bits per heavy atom. The van der Waals surface area contributed by atoms with Gasteiger partial charge >= 0.3 is 0 Å². The predicted octanol–water partition coefficient (Wildman–Crippen LogP) is 2.81. The molecule has 0 aliphatic carbocycles. The van der Waals surface area contributed by atoms with Crippen molar-refractivity contribution in [2.24, 2.45) is 11.8 Å². The molecule has 2 aromatic heterocycles. The molecule has 22 heavy (non-hydrogen) atoms. The molecule has 0 aromatic carbocycles. The van der Waals surface area contributed by atoms with Crippen molar-refractivity contribution in [1.82, 2.24) is 20.2 Å². The normalized spacial score (nSPS) is 17.5. The summed E-state index contributed by atoms with van der Waals surface area (Å²) in [6, 6.07) is 1.90. The fourth-order valence-corrected chi connectivity index (χ4v) is 2.89. The molecule has 0 bridgehead atoms. The molecular formula is C16H24N4O2. The van der Waals surface area contributed by atoms with Crippen LogP contribution >= 0.6 is 0 Å². The van der Waals surface area contributed by atoms with Crippen LogP contribution in [0, 0.1) is 11.8 Å². The molecular weight excluding hydrogens is 280 g/mol. The molecule has 0 saturated carbocycles. The number of aromatic nitrogens is 3. The lowest BCUT2D eigenvalue weighted by atomic mass is 9.94. The average Bonchev–Trinajstić information content (AvgIpc) is 3.10. The van der Waals surface area contributed by atoms with Crippen molar-refractivity contribution in [2.75, 3.05) is 20.1 Å². The lowest BCUT2D eigenvalue weighted by molar-refractivity contribution is 0.216. The topological polar surface area (TPSA) is 68.2 Å². The van der Waals surface area contributed by atoms with Gasteiger partial charge in [-0.2, -0.15) is 4.98 Å². The van der Waals surface area contributed by atoms with Crippen LogP contribution in [0.1, 0.15) is 38.2 Å². The van der Waals surface area contributed by atoms with E-state index in [9.17, 15) is 0 Å². The Kier molecular flexibility index (Phi) is 4.57. The van der Waals surface area contributed by atoms with E-state index in [1.807, 2.05) is 6.07 Å². The zero-order chi connectivity index (χ0) is 15.5. The maximum absolute atomic E-state index is 5.33. The fourth-order valence-electron chi connectivity index (χ4n) is 2.89. The second kappa shape index (κ2) is 6.60. The summed E-state index contributed by atoms with van der Waals surface area (Å²) in [5.74, 6) is 2.96. The first-order chi connectivity index (χ1) is 10.6. The monoisotopic (exact) mass is 304 g/mol. The fraction of sp³-hybridized carbons (Fsp3) is 0.688. The quantitative estimate of drug-likeness (QED) is 0.846. The summed E-state index contributed by atoms with van der Waals surface area (Å²) in [6.07, 6.45) is 4.16. The highest BCUT2D eigenvalue weighted by molar-refractivity contribution is 5.43. The molecule has 0 unspecified atom stereocenters. The van der Waals surface area contributed by atoms with Crippen molar-refractivity contribution in [3.8, 4) is 11.7 Å². The molecule has 120 valence electrons. The number of likely N-dealkylation sites (tertiary alicyclic amines) is 1. The van der Waals surface area contributed by atoms with Gasteiger partial charge in [0.05, 0.1) is 5.69 Å². The highest BCUT2D eigenvalue weighted by Crippen LogP contribution is 2.23. The molecule has 1 fully saturated rings. The number of rotatable bonds is 5. The van der Waals surface area contributed by atoms with Gasteiger partial charge in [0, 0.05) is 12.5 Å². The summed E-state index contributed by atoms with van der Waals surface area (Å²) in [7, 11) is 2.17. The first-order valence-corrected chi connectivity index (χ1v) is 8.07.